The van der Waals surface area contributed by atoms with Crippen LogP contribution in [0, 0.1) is 0 Å². The van der Waals surface area contributed by atoms with Crippen molar-refractivity contribution in [2.75, 3.05) is 6.61 Å². The SMILES string of the molecule is CCOC(=O)Cc1c(C=O)[nH]c2ccccc12. The van der Waals surface area contributed by atoms with Gasteiger partial charge in [-0.2, -0.15) is 0 Å². The average molecular weight is 231 g/mol. The highest BCUT2D eigenvalue weighted by Gasteiger charge is 2.14. The molecule has 0 spiro atoms. The molecule has 0 bridgehead atoms. The number of carbonyl (C=O) groups excluding carboxylic acids is 2. The van der Waals surface area contributed by atoms with E-state index < -0.39 is 0 Å². The first-order valence-corrected chi connectivity index (χ1v) is 5.46. The van der Waals surface area contributed by atoms with Gasteiger partial charge in [-0.1, -0.05) is 18.2 Å². The number of H-pyrrole nitrogens is 1. The Morgan fingerprint density at radius 2 is 2.18 bits per heavy atom. The number of nitrogens with one attached hydrogen (secondary N) is 1. The number of aromatic amines is 1. The zero-order valence-corrected chi connectivity index (χ0v) is 9.53. The molecule has 17 heavy (non-hydrogen) atoms. The first kappa shape index (κ1) is 11.4. The maximum Gasteiger partial charge on any atom is 0.310 e. The Labute approximate surface area is 98.6 Å². The van der Waals surface area contributed by atoms with Gasteiger partial charge >= 0.3 is 5.97 Å². The average Bonchev–Trinajstić information content (AvgIpc) is 2.68. The van der Waals surface area contributed by atoms with Gasteiger partial charge in [0.1, 0.15) is 0 Å². The van der Waals surface area contributed by atoms with E-state index >= 15 is 0 Å². The molecule has 0 fully saturated rings. The van der Waals surface area contributed by atoms with E-state index in [9.17, 15) is 9.59 Å². The van der Waals surface area contributed by atoms with E-state index in [-0.39, 0.29) is 12.4 Å². The first-order valence-electron chi connectivity index (χ1n) is 5.46. The van der Waals surface area contributed by atoms with Gasteiger partial charge in [-0.05, 0) is 18.6 Å². The predicted molar refractivity (Wildman–Crippen MR) is 64.0 cm³/mol. The summed E-state index contributed by atoms with van der Waals surface area (Å²) in [4.78, 5) is 25.4. The van der Waals surface area contributed by atoms with Gasteiger partial charge in [0.15, 0.2) is 6.29 Å². The van der Waals surface area contributed by atoms with Crippen LogP contribution in [0.2, 0.25) is 0 Å². The third-order valence-electron chi connectivity index (χ3n) is 2.59. The van der Waals surface area contributed by atoms with Crippen molar-refractivity contribution in [2.45, 2.75) is 13.3 Å². The fourth-order valence-corrected chi connectivity index (χ4v) is 1.87. The minimum atomic E-state index is -0.319. The molecule has 0 radical (unpaired) electrons. The van der Waals surface area contributed by atoms with Crippen molar-refractivity contribution in [2.24, 2.45) is 0 Å². The number of hydrogen-bond donors (Lipinski definition) is 1. The van der Waals surface area contributed by atoms with Gasteiger partial charge in [-0.3, -0.25) is 9.59 Å². The van der Waals surface area contributed by atoms with Gasteiger partial charge in [-0.25, -0.2) is 0 Å². The summed E-state index contributed by atoms with van der Waals surface area (Å²) in [5.74, 6) is -0.319. The Kier molecular flexibility index (Phi) is 3.23. The summed E-state index contributed by atoms with van der Waals surface area (Å²) < 4.78 is 4.89. The maximum absolute atomic E-state index is 11.5. The smallest absolute Gasteiger partial charge is 0.310 e. The Balaban J connectivity index is 2.43. The Hall–Kier alpha value is -2.10. The molecule has 2 rings (SSSR count). The Morgan fingerprint density at radius 1 is 1.41 bits per heavy atom. The molecule has 88 valence electrons. The topological polar surface area (TPSA) is 59.2 Å². The second kappa shape index (κ2) is 4.82. The van der Waals surface area contributed by atoms with Crippen LogP contribution in [-0.2, 0) is 16.0 Å². The lowest BCUT2D eigenvalue weighted by atomic mass is 10.1. The number of esters is 1. The molecule has 4 nitrogen and oxygen atoms in total. The number of aromatic nitrogens is 1. The monoisotopic (exact) mass is 231 g/mol. The quantitative estimate of drug-likeness (QED) is 0.647. The van der Waals surface area contributed by atoms with E-state index in [1.807, 2.05) is 24.3 Å². The third-order valence-corrected chi connectivity index (χ3v) is 2.59. The Morgan fingerprint density at radius 3 is 2.88 bits per heavy atom. The molecule has 1 N–H and O–H groups in total. The van der Waals surface area contributed by atoms with Crippen LogP contribution in [0.25, 0.3) is 10.9 Å². The van der Waals surface area contributed by atoms with Gasteiger partial charge < -0.3 is 9.72 Å². The molecule has 0 aliphatic rings. The van der Waals surface area contributed by atoms with E-state index in [2.05, 4.69) is 4.98 Å². The molecule has 0 amide bonds. The summed E-state index contributed by atoms with van der Waals surface area (Å²) in [5.41, 5.74) is 2.00. The predicted octanol–water partition coefficient (Wildman–Crippen LogP) is 2.09. The Bertz CT molecular complexity index is 557. The fourth-order valence-electron chi connectivity index (χ4n) is 1.87. The highest BCUT2D eigenvalue weighted by Crippen LogP contribution is 2.22. The van der Waals surface area contributed by atoms with Crippen LogP contribution in [0.3, 0.4) is 0 Å². The normalized spacial score (nSPS) is 10.4. The maximum atomic E-state index is 11.5. The molecule has 0 saturated carbocycles. The van der Waals surface area contributed by atoms with E-state index in [0.717, 1.165) is 17.2 Å². The molecule has 0 aliphatic carbocycles. The van der Waals surface area contributed by atoms with Crippen molar-refractivity contribution in [1.29, 1.82) is 0 Å². The van der Waals surface area contributed by atoms with Crippen molar-refractivity contribution < 1.29 is 14.3 Å². The lowest BCUT2D eigenvalue weighted by Crippen LogP contribution is -2.08. The minimum absolute atomic E-state index is 0.117. The van der Waals surface area contributed by atoms with Crippen LogP contribution in [-0.4, -0.2) is 23.8 Å². The van der Waals surface area contributed by atoms with Crippen molar-refractivity contribution in [3.63, 3.8) is 0 Å². The number of carbonyl (C=O) groups is 2. The summed E-state index contributed by atoms with van der Waals surface area (Å²) in [7, 11) is 0. The number of para-hydroxylation sites is 1. The van der Waals surface area contributed by atoms with Crippen LogP contribution in [0.1, 0.15) is 23.0 Å². The van der Waals surface area contributed by atoms with Gasteiger partial charge in [-0.15, -0.1) is 0 Å². The lowest BCUT2D eigenvalue weighted by molar-refractivity contribution is -0.142. The van der Waals surface area contributed by atoms with Gasteiger partial charge in [0.2, 0.25) is 0 Å². The molecular formula is C13H13NO3. The van der Waals surface area contributed by atoms with Gasteiger partial charge in [0, 0.05) is 10.9 Å². The largest absolute Gasteiger partial charge is 0.466 e. The van der Waals surface area contributed by atoms with Crippen molar-refractivity contribution in [3.8, 4) is 0 Å². The molecule has 1 aromatic carbocycles. The van der Waals surface area contributed by atoms with Crippen LogP contribution >= 0.6 is 0 Å². The van der Waals surface area contributed by atoms with Gasteiger partial charge in [0.25, 0.3) is 0 Å². The highest BCUT2D eigenvalue weighted by atomic mass is 16.5. The van der Waals surface area contributed by atoms with Crippen LogP contribution in [0.4, 0.5) is 0 Å². The van der Waals surface area contributed by atoms with E-state index in [4.69, 9.17) is 4.74 Å². The number of ether oxygens (including phenoxy) is 1. The molecule has 1 aromatic heterocycles. The molecule has 0 unspecified atom stereocenters. The van der Waals surface area contributed by atoms with Crippen molar-refractivity contribution in [1.82, 2.24) is 4.98 Å². The first-order chi connectivity index (χ1) is 8.26. The van der Waals surface area contributed by atoms with Crippen molar-refractivity contribution in [3.05, 3.63) is 35.5 Å². The van der Waals surface area contributed by atoms with E-state index in [1.165, 1.54) is 0 Å². The standard InChI is InChI=1S/C13H13NO3/c1-2-17-13(16)7-10-9-5-3-4-6-11(9)14-12(10)8-15/h3-6,8,14H,2,7H2,1H3. The summed E-state index contributed by atoms with van der Waals surface area (Å²) in [6.45, 7) is 2.10. The number of rotatable bonds is 4. The van der Waals surface area contributed by atoms with Crippen LogP contribution in [0.15, 0.2) is 24.3 Å². The summed E-state index contributed by atoms with van der Waals surface area (Å²) in [6, 6.07) is 7.51. The molecule has 4 heteroatoms. The van der Waals surface area contributed by atoms with Crippen molar-refractivity contribution >= 4 is 23.2 Å². The number of benzene rings is 1. The lowest BCUT2D eigenvalue weighted by Gasteiger charge is -2.01. The second-order valence-corrected chi connectivity index (χ2v) is 3.66. The summed E-state index contributed by atoms with van der Waals surface area (Å²) >= 11 is 0. The zero-order valence-electron chi connectivity index (χ0n) is 9.53. The van der Waals surface area contributed by atoms with Gasteiger partial charge in [0.05, 0.1) is 18.7 Å². The summed E-state index contributed by atoms with van der Waals surface area (Å²) in [6.07, 6.45) is 0.848. The van der Waals surface area contributed by atoms with E-state index in [1.54, 1.807) is 6.92 Å². The molecule has 1 heterocycles. The van der Waals surface area contributed by atoms with Crippen LogP contribution in [0.5, 0.6) is 0 Å². The third kappa shape index (κ3) is 2.20. The number of fused-ring (bicyclic) bond motifs is 1. The highest BCUT2D eigenvalue weighted by molar-refractivity contribution is 5.95. The van der Waals surface area contributed by atoms with E-state index in [0.29, 0.717) is 17.9 Å². The molecule has 0 atom stereocenters. The minimum Gasteiger partial charge on any atom is -0.466 e. The number of aldehydes is 1. The molecular weight excluding hydrogens is 218 g/mol. The van der Waals surface area contributed by atoms with Crippen LogP contribution < -0.4 is 0 Å². The molecule has 0 saturated heterocycles. The fraction of sp³-hybridized carbons (Fsp3) is 0.231. The number of hydrogen-bond acceptors (Lipinski definition) is 3. The zero-order chi connectivity index (χ0) is 12.3. The second-order valence-electron chi connectivity index (χ2n) is 3.66. The molecule has 2 aromatic rings. The molecule has 0 aliphatic heterocycles. The summed E-state index contributed by atoms with van der Waals surface area (Å²) in [5, 5.41) is 0.891.